The summed E-state index contributed by atoms with van der Waals surface area (Å²) in [5, 5.41) is 6.14. The highest BCUT2D eigenvalue weighted by Crippen LogP contribution is 2.36. The summed E-state index contributed by atoms with van der Waals surface area (Å²) >= 11 is 0. The molecule has 2 amide bonds. The molecule has 5 heteroatoms. The Morgan fingerprint density at radius 2 is 1.69 bits per heavy atom. The highest BCUT2D eigenvalue weighted by molar-refractivity contribution is 6.05. The third-order valence-electron chi connectivity index (χ3n) is 6.02. The van der Waals surface area contributed by atoms with Crippen LogP contribution in [0.5, 0.6) is 0 Å². The van der Waals surface area contributed by atoms with Gasteiger partial charge >= 0.3 is 0 Å². The van der Waals surface area contributed by atoms with Crippen molar-refractivity contribution in [2.75, 3.05) is 23.8 Å². The first-order valence-electron chi connectivity index (χ1n) is 11.0. The van der Waals surface area contributed by atoms with Crippen molar-refractivity contribution in [1.29, 1.82) is 0 Å². The third-order valence-corrected chi connectivity index (χ3v) is 6.02. The molecule has 3 aromatic rings. The summed E-state index contributed by atoms with van der Waals surface area (Å²) in [6, 6.07) is 26.0. The number of hydrogen-bond donors (Lipinski definition) is 2. The van der Waals surface area contributed by atoms with Gasteiger partial charge in [-0.05, 0) is 42.2 Å². The van der Waals surface area contributed by atoms with E-state index in [1.54, 1.807) is 0 Å². The van der Waals surface area contributed by atoms with Crippen molar-refractivity contribution in [1.82, 2.24) is 5.32 Å². The Kier molecular flexibility index (Phi) is 6.55. The quantitative estimate of drug-likeness (QED) is 0.564. The van der Waals surface area contributed by atoms with Gasteiger partial charge in [0.2, 0.25) is 11.8 Å². The first kappa shape index (κ1) is 21.6. The number of anilines is 2. The number of carbonyl (C=O) groups excluding carboxylic acids is 2. The van der Waals surface area contributed by atoms with Crippen molar-refractivity contribution >= 4 is 23.2 Å². The molecule has 0 bridgehead atoms. The summed E-state index contributed by atoms with van der Waals surface area (Å²) < 4.78 is 0. The zero-order chi connectivity index (χ0) is 22.5. The molecule has 1 aliphatic heterocycles. The first-order valence-corrected chi connectivity index (χ1v) is 11.0. The molecule has 0 saturated carbocycles. The van der Waals surface area contributed by atoms with Gasteiger partial charge in [0.15, 0.2) is 0 Å². The molecule has 32 heavy (non-hydrogen) atoms. The number of fused-ring (bicyclic) bond motifs is 1. The number of amides is 2. The van der Waals surface area contributed by atoms with Crippen LogP contribution in [0.15, 0.2) is 78.9 Å². The van der Waals surface area contributed by atoms with Gasteiger partial charge in [-0.2, -0.15) is 0 Å². The van der Waals surface area contributed by atoms with E-state index in [0.717, 1.165) is 28.9 Å². The van der Waals surface area contributed by atoms with E-state index in [0.29, 0.717) is 6.54 Å². The zero-order valence-corrected chi connectivity index (χ0v) is 18.5. The maximum absolute atomic E-state index is 13.0. The number of rotatable bonds is 8. The summed E-state index contributed by atoms with van der Waals surface area (Å²) in [7, 11) is 2.03. The van der Waals surface area contributed by atoms with Crippen molar-refractivity contribution in [2.24, 2.45) is 0 Å². The van der Waals surface area contributed by atoms with E-state index in [1.165, 1.54) is 5.56 Å². The van der Waals surface area contributed by atoms with Crippen molar-refractivity contribution in [3.8, 4) is 0 Å². The van der Waals surface area contributed by atoms with Gasteiger partial charge in [0.25, 0.3) is 0 Å². The molecule has 0 saturated heterocycles. The summed E-state index contributed by atoms with van der Waals surface area (Å²) in [5.74, 6) is -0.665. The number of para-hydroxylation sites is 2. The number of carbonyl (C=O) groups is 2. The normalized spacial score (nSPS) is 15.6. The predicted molar refractivity (Wildman–Crippen MR) is 129 cm³/mol. The Hall–Kier alpha value is -3.60. The van der Waals surface area contributed by atoms with Gasteiger partial charge in [0.05, 0.1) is 12.0 Å². The summed E-state index contributed by atoms with van der Waals surface area (Å²) in [6.07, 6.45) is 0.860. The van der Waals surface area contributed by atoms with E-state index in [9.17, 15) is 9.59 Å². The zero-order valence-electron chi connectivity index (χ0n) is 18.5. The molecule has 0 aliphatic carbocycles. The Labute approximate surface area is 189 Å². The van der Waals surface area contributed by atoms with Crippen LogP contribution >= 0.6 is 0 Å². The van der Waals surface area contributed by atoms with Crippen molar-refractivity contribution < 1.29 is 9.59 Å². The Morgan fingerprint density at radius 3 is 2.41 bits per heavy atom. The maximum atomic E-state index is 13.0. The highest BCUT2D eigenvalue weighted by atomic mass is 16.2. The molecule has 3 aromatic carbocycles. The Morgan fingerprint density at radius 1 is 1.00 bits per heavy atom. The van der Waals surface area contributed by atoms with Gasteiger partial charge in [0.1, 0.15) is 0 Å². The molecular weight excluding hydrogens is 398 g/mol. The van der Waals surface area contributed by atoms with Crippen LogP contribution in [-0.2, 0) is 16.0 Å². The maximum Gasteiger partial charge on any atom is 0.232 e. The number of aryl methyl sites for hydroxylation is 1. The van der Waals surface area contributed by atoms with E-state index in [4.69, 9.17) is 0 Å². The van der Waals surface area contributed by atoms with Crippen LogP contribution < -0.4 is 15.5 Å². The molecule has 5 nitrogen and oxygen atoms in total. The molecule has 2 atom stereocenters. The lowest BCUT2D eigenvalue weighted by atomic mass is 9.95. The minimum absolute atomic E-state index is 0.0865. The van der Waals surface area contributed by atoms with Crippen LogP contribution in [0.1, 0.15) is 29.0 Å². The minimum atomic E-state index is -0.450. The van der Waals surface area contributed by atoms with Gasteiger partial charge in [-0.1, -0.05) is 66.7 Å². The van der Waals surface area contributed by atoms with E-state index in [1.807, 2.05) is 68.6 Å². The van der Waals surface area contributed by atoms with Crippen molar-refractivity contribution in [3.05, 3.63) is 95.6 Å². The number of nitrogens with zero attached hydrogens (tertiary/aromatic N) is 1. The van der Waals surface area contributed by atoms with Gasteiger partial charge in [-0.3, -0.25) is 9.59 Å². The first-order chi connectivity index (χ1) is 15.5. The molecular formula is C27H29N3O2. The average molecular weight is 428 g/mol. The van der Waals surface area contributed by atoms with Gasteiger partial charge in [-0.25, -0.2) is 0 Å². The fraction of sp³-hybridized carbons (Fsp3) is 0.259. The van der Waals surface area contributed by atoms with E-state index < -0.39 is 5.92 Å². The molecule has 1 heterocycles. The van der Waals surface area contributed by atoms with Crippen molar-refractivity contribution in [2.45, 2.75) is 31.7 Å². The van der Waals surface area contributed by atoms with E-state index in [2.05, 4.69) is 39.8 Å². The van der Waals surface area contributed by atoms with Crippen LogP contribution in [0, 0.1) is 6.92 Å². The molecule has 1 aliphatic rings. The van der Waals surface area contributed by atoms with E-state index in [-0.39, 0.29) is 24.3 Å². The lowest BCUT2D eigenvalue weighted by molar-refractivity contribution is -0.125. The lowest BCUT2D eigenvalue weighted by Crippen LogP contribution is -2.44. The molecule has 0 aromatic heterocycles. The van der Waals surface area contributed by atoms with Gasteiger partial charge in [0, 0.05) is 31.4 Å². The number of hydrogen-bond acceptors (Lipinski definition) is 3. The predicted octanol–water partition coefficient (Wildman–Crippen LogP) is 4.28. The topological polar surface area (TPSA) is 61.4 Å². The standard InChI is InChI=1S/C27H29N3O2/c1-19-10-9-15-23-24(27(32)29-26(19)23)17-25(31)28-21(16-20-11-5-3-6-12-20)18-30(2)22-13-7-4-8-14-22/h3-15,21,24H,16-18H2,1-2H3,(H,28,31)(H,29,32)/t21-,24?/m0/s1. The molecule has 2 N–H and O–H groups in total. The van der Waals surface area contributed by atoms with Crippen LogP contribution in [0.2, 0.25) is 0 Å². The molecule has 0 spiro atoms. The van der Waals surface area contributed by atoms with Gasteiger partial charge in [-0.15, -0.1) is 0 Å². The molecule has 4 rings (SSSR count). The summed E-state index contributed by atoms with van der Waals surface area (Å²) in [4.78, 5) is 27.8. The highest BCUT2D eigenvalue weighted by Gasteiger charge is 2.33. The second-order valence-corrected chi connectivity index (χ2v) is 8.46. The van der Waals surface area contributed by atoms with Crippen LogP contribution in [0.25, 0.3) is 0 Å². The van der Waals surface area contributed by atoms with Crippen LogP contribution in [-0.4, -0.2) is 31.4 Å². The smallest absolute Gasteiger partial charge is 0.232 e. The fourth-order valence-corrected chi connectivity index (χ4v) is 4.36. The van der Waals surface area contributed by atoms with Gasteiger partial charge < -0.3 is 15.5 Å². The molecule has 0 radical (unpaired) electrons. The number of nitrogens with one attached hydrogen (secondary N) is 2. The SMILES string of the molecule is Cc1cccc2c1NC(=O)C2CC(=O)N[C@@H](Cc1ccccc1)CN(C)c1ccccc1. The number of benzene rings is 3. The molecule has 0 fully saturated rings. The third kappa shape index (κ3) is 4.99. The lowest BCUT2D eigenvalue weighted by Gasteiger charge is -2.27. The average Bonchev–Trinajstić information content (AvgIpc) is 3.11. The fourth-order valence-electron chi connectivity index (χ4n) is 4.36. The Balaban J connectivity index is 1.47. The molecule has 1 unspecified atom stereocenters. The van der Waals surface area contributed by atoms with Crippen LogP contribution in [0.4, 0.5) is 11.4 Å². The second kappa shape index (κ2) is 9.69. The monoisotopic (exact) mass is 427 g/mol. The van der Waals surface area contributed by atoms with Crippen molar-refractivity contribution in [3.63, 3.8) is 0 Å². The number of likely N-dealkylation sites (N-methyl/N-ethyl adjacent to an activating group) is 1. The largest absolute Gasteiger partial charge is 0.373 e. The summed E-state index contributed by atoms with van der Waals surface area (Å²) in [6.45, 7) is 2.63. The second-order valence-electron chi connectivity index (χ2n) is 8.46. The molecule has 164 valence electrons. The summed E-state index contributed by atoms with van der Waals surface area (Å²) in [5.41, 5.74) is 5.04. The minimum Gasteiger partial charge on any atom is -0.373 e. The van der Waals surface area contributed by atoms with Crippen LogP contribution in [0.3, 0.4) is 0 Å². The Bertz CT molecular complexity index is 1080. The van der Waals surface area contributed by atoms with E-state index >= 15 is 0 Å².